The molecule has 0 amide bonds. The highest BCUT2D eigenvalue weighted by atomic mass is 79.9. The maximum atomic E-state index is 13.6. The van der Waals surface area contributed by atoms with Crippen LogP contribution in [-0.2, 0) is 6.42 Å². The van der Waals surface area contributed by atoms with Crippen molar-refractivity contribution < 1.29 is 8.78 Å². The van der Waals surface area contributed by atoms with Gasteiger partial charge in [0.1, 0.15) is 11.6 Å². The summed E-state index contributed by atoms with van der Waals surface area (Å²) in [6, 6.07) is 8.85. The van der Waals surface area contributed by atoms with Gasteiger partial charge in [0.15, 0.2) is 0 Å². The number of halogens is 5. The van der Waals surface area contributed by atoms with E-state index in [2.05, 4.69) is 15.9 Å². The maximum Gasteiger partial charge on any atom is 0.129 e. The number of benzene rings is 2. The second-order valence-corrected chi connectivity index (χ2v) is 5.81. The third-order valence-electron chi connectivity index (χ3n) is 2.73. The molecule has 2 aromatic carbocycles. The fraction of sp³-hybridized carbons (Fsp3) is 0.143. The lowest BCUT2D eigenvalue weighted by Crippen LogP contribution is -2.00. The Bertz CT molecular complexity index is 602. The van der Waals surface area contributed by atoms with Crippen molar-refractivity contribution in [3.63, 3.8) is 0 Å². The first-order chi connectivity index (χ1) is 8.99. The van der Waals surface area contributed by atoms with E-state index in [1.54, 1.807) is 12.1 Å². The summed E-state index contributed by atoms with van der Waals surface area (Å²) >= 11 is 15.7. The third-order valence-corrected chi connectivity index (χ3v) is 4.43. The Balaban J connectivity index is 2.25. The molecule has 5 heteroatoms. The zero-order valence-corrected chi connectivity index (χ0v) is 12.7. The molecule has 0 spiro atoms. The average molecular weight is 366 g/mol. The van der Waals surface area contributed by atoms with Crippen LogP contribution in [0.4, 0.5) is 8.78 Å². The summed E-state index contributed by atoms with van der Waals surface area (Å²) < 4.78 is 27.1. The van der Waals surface area contributed by atoms with Gasteiger partial charge in [-0.15, -0.1) is 11.6 Å². The first-order valence-corrected chi connectivity index (χ1v) is 7.11. The molecule has 0 saturated carbocycles. The molecule has 0 N–H and O–H groups in total. The van der Waals surface area contributed by atoms with Crippen molar-refractivity contribution in [3.8, 4) is 0 Å². The van der Waals surface area contributed by atoms with Crippen LogP contribution in [0.2, 0.25) is 5.02 Å². The molecule has 0 radical (unpaired) electrons. The quantitative estimate of drug-likeness (QED) is 0.593. The lowest BCUT2D eigenvalue weighted by Gasteiger charge is -2.13. The molecule has 0 heterocycles. The van der Waals surface area contributed by atoms with Crippen LogP contribution in [0.5, 0.6) is 0 Å². The van der Waals surface area contributed by atoms with Crippen molar-refractivity contribution in [2.75, 3.05) is 0 Å². The van der Waals surface area contributed by atoms with Gasteiger partial charge in [0.25, 0.3) is 0 Å². The van der Waals surface area contributed by atoms with Crippen LogP contribution in [0.1, 0.15) is 16.5 Å². The van der Waals surface area contributed by atoms with Crippen LogP contribution in [-0.4, -0.2) is 0 Å². The van der Waals surface area contributed by atoms with Gasteiger partial charge in [-0.25, -0.2) is 8.78 Å². The number of hydrogen-bond acceptors (Lipinski definition) is 0. The zero-order valence-electron chi connectivity index (χ0n) is 9.64. The number of alkyl halides is 1. The third kappa shape index (κ3) is 3.47. The van der Waals surface area contributed by atoms with Gasteiger partial charge in [-0.05, 0) is 45.6 Å². The number of rotatable bonds is 3. The standard InChI is InChI=1S/C14H9BrCl2F2/c15-11-3-1-2-10(14(11)17)12(16)6-8-4-5-9(18)7-13(8)19/h1-5,7,12H,6H2. The predicted molar refractivity (Wildman–Crippen MR) is 77.8 cm³/mol. The minimum Gasteiger partial charge on any atom is -0.207 e. The second kappa shape index (κ2) is 6.21. The Kier molecular flexibility index (Phi) is 4.82. The Morgan fingerprint density at radius 2 is 1.89 bits per heavy atom. The molecule has 0 fully saturated rings. The molecule has 1 atom stereocenters. The highest BCUT2D eigenvalue weighted by molar-refractivity contribution is 9.10. The van der Waals surface area contributed by atoms with Crippen molar-refractivity contribution >= 4 is 39.1 Å². The van der Waals surface area contributed by atoms with Gasteiger partial charge in [0.05, 0.1) is 10.4 Å². The maximum absolute atomic E-state index is 13.6. The van der Waals surface area contributed by atoms with Gasteiger partial charge >= 0.3 is 0 Å². The van der Waals surface area contributed by atoms with Crippen molar-refractivity contribution in [1.29, 1.82) is 0 Å². The molecule has 0 saturated heterocycles. The van der Waals surface area contributed by atoms with E-state index in [4.69, 9.17) is 23.2 Å². The predicted octanol–water partition coefficient (Wildman–Crippen LogP) is 5.90. The Morgan fingerprint density at radius 1 is 1.16 bits per heavy atom. The van der Waals surface area contributed by atoms with Crippen LogP contribution in [0.25, 0.3) is 0 Å². The van der Waals surface area contributed by atoms with Gasteiger partial charge in [0, 0.05) is 10.5 Å². The van der Waals surface area contributed by atoms with Gasteiger partial charge in [-0.1, -0.05) is 29.8 Å². The van der Waals surface area contributed by atoms with Gasteiger partial charge in [0.2, 0.25) is 0 Å². The van der Waals surface area contributed by atoms with Crippen LogP contribution in [0, 0.1) is 11.6 Å². The summed E-state index contributed by atoms with van der Waals surface area (Å²) in [5, 5.41) is 0.0231. The topological polar surface area (TPSA) is 0 Å². The monoisotopic (exact) mass is 364 g/mol. The van der Waals surface area contributed by atoms with Crippen molar-refractivity contribution in [3.05, 3.63) is 68.7 Å². The first-order valence-electron chi connectivity index (χ1n) is 5.51. The lowest BCUT2D eigenvalue weighted by atomic mass is 10.0. The van der Waals surface area contributed by atoms with E-state index in [1.807, 2.05) is 6.07 Å². The molecule has 0 nitrogen and oxygen atoms in total. The van der Waals surface area contributed by atoms with E-state index in [0.717, 1.165) is 10.5 Å². The molecular formula is C14H9BrCl2F2. The molecule has 1 unspecified atom stereocenters. The van der Waals surface area contributed by atoms with E-state index in [0.29, 0.717) is 16.1 Å². The molecular weight excluding hydrogens is 357 g/mol. The van der Waals surface area contributed by atoms with E-state index < -0.39 is 17.0 Å². The Morgan fingerprint density at radius 3 is 2.58 bits per heavy atom. The van der Waals surface area contributed by atoms with Crippen LogP contribution in [0.3, 0.4) is 0 Å². The minimum absolute atomic E-state index is 0.240. The Hall–Kier alpha value is -0.640. The smallest absolute Gasteiger partial charge is 0.129 e. The van der Waals surface area contributed by atoms with E-state index in [9.17, 15) is 8.78 Å². The first kappa shape index (κ1) is 14.8. The largest absolute Gasteiger partial charge is 0.207 e. The van der Waals surface area contributed by atoms with Crippen molar-refractivity contribution in [1.82, 2.24) is 0 Å². The lowest BCUT2D eigenvalue weighted by molar-refractivity contribution is 0.570. The zero-order chi connectivity index (χ0) is 14.0. The van der Waals surface area contributed by atoms with E-state index in [1.165, 1.54) is 12.1 Å². The van der Waals surface area contributed by atoms with Crippen LogP contribution < -0.4 is 0 Å². The van der Waals surface area contributed by atoms with Crippen LogP contribution >= 0.6 is 39.1 Å². The normalized spacial score (nSPS) is 12.5. The molecule has 2 aromatic rings. The fourth-order valence-electron chi connectivity index (χ4n) is 1.75. The minimum atomic E-state index is -0.604. The summed E-state index contributed by atoms with van der Waals surface area (Å²) in [6.45, 7) is 0. The average Bonchev–Trinajstić information content (AvgIpc) is 2.36. The fourth-order valence-corrected chi connectivity index (χ4v) is 2.80. The summed E-state index contributed by atoms with van der Waals surface area (Å²) in [7, 11) is 0. The number of hydrogen-bond donors (Lipinski definition) is 0. The molecule has 0 aliphatic heterocycles. The second-order valence-electron chi connectivity index (χ2n) is 4.05. The summed E-state index contributed by atoms with van der Waals surface area (Å²) in [6.07, 6.45) is 0.240. The van der Waals surface area contributed by atoms with Crippen LogP contribution in [0.15, 0.2) is 40.9 Å². The molecule has 100 valence electrons. The molecule has 0 aliphatic rings. The van der Waals surface area contributed by atoms with Crippen molar-refractivity contribution in [2.24, 2.45) is 0 Å². The molecule has 0 bridgehead atoms. The van der Waals surface area contributed by atoms with E-state index >= 15 is 0 Å². The molecule has 0 aliphatic carbocycles. The van der Waals surface area contributed by atoms with Crippen molar-refractivity contribution in [2.45, 2.75) is 11.8 Å². The summed E-state index contributed by atoms with van der Waals surface area (Å²) in [5.74, 6) is -1.20. The van der Waals surface area contributed by atoms with E-state index in [-0.39, 0.29) is 6.42 Å². The molecule has 2 rings (SSSR count). The van der Waals surface area contributed by atoms with Gasteiger partial charge in [-0.3, -0.25) is 0 Å². The highest BCUT2D eigenvalue weighted by Crippen LogP contribution is 2.35. The molecule has 19 heavy (non-hydrogen) atoms. The SMILES string of the molecule is Fc1ccc(CC(Cl)c2cccc(Br)c2Cl)c(F)c1. The molecule has 0 aromatic heterocycles. The Labute approximate surface area is 128 Å². The summed E-state index contributed by atoms with van der Waals surface area (Å²) in [4.78, 5) is 0. The van der Waals surface area contributed by atoms with Gasteiger partial charge in [-0.2, -0.15) is 0 Å². The van der Waals surface area contributed by atoms with Gasteiger partial charge < -0.3 is 0 Å². The summed E-state index contributed by atoms with van der Waals surface area (Å²) in [5.41, 5.74) is 1.07. The highest BCUT2D eigenvalue weighted by Gasteiger charge is 2.16.